The van der Waals surface area contributed by atoms with Crippen molar-refractivity contribution in [2.45, 2.75) is 33.6 Å². The summed E-state index contributed by atoms with van der Waals surface area (Å²) in [5, 5.41) is 2.31. The van der Waals surface area contributed by atoms with Crippen molar-refractivity contribution in [2.75, 3.05) is 29.9 Å². The van der Waals surface area contributed by atoms with Crippen LogP contribution in [0.3, 0.4) is 0 Å². The van der Waals surface area contributed by atoms with Crippen molar-refractivity contribution in [3.8, 4) is 0 Å². The van der Waals surface area contributed by atoms with E-state index in [1.807, 2.05) is 48.5 Å². The molecule has 0 radical (unpaired) electrons. The van der Waals surface area contributed by atoms with Crippen LogP contribution < -0.4 is 10.2 Å². The molecule has 168 valence electrons. The Morgan fingerprint density at radius 2 is 1.66 bits per heavy atom. The minimum Gasteiger partial charge on any atom is -0.372 e. The molecule has 1 aliphatic rings. The monoisotopic (exact) mass is 451 g/mol. The lowest BCUT2D eigenvalue weighted by Gasteiger charge is -2.20. The lowest BCUT2D eigenvalue weighted by atomic mass is 10.0. The van der Waals surface area contributed by atoms with Gasteiger partial charge in [0.2, 0.25) is 5.91 Å². The maximum absolute atomic E-state index is 12.7. The summed E-state index contributed by atoms with van der Waals surface area (Å²) in [4.78, 5) is 41.0. The van der Waals surface area contributed by atoms with Crippen LogP contribution in [0.2, 0.25) is 0 Å². The number of imide groups is 1. The van der Waals surface area contributed by atoms with Gasteiger partial charge in [0.1, 0.15) is 6.54 Å². The summed E-state index contributed by atoms with van der Waals surface area (Å²) in [6.45, 7) is 9.92. The number of nitrogens with one attached hydrogen (secondary N) is 1. The molecule has 1 heterocycles. The van der Waals surface area contributed by atoms with E-state index < -0.39 is 17.1 Å². The number of nitrogens with zero attached hydrogens (tertiary/aromatic N) is 2. The average molecular weight is 452 g/mol. The van der Waals surface area contributed by atoms with Gasteiger partial charge in [-0.05, 0) is 73.0 Å². The van der Waals surface area contributed by atoms with Crippen LogP contribution in [-0.2, 0) is 9.59 Å². The van der Waals surface area contributed by atoms with Crippen LogP contribution in [0.5, 0.6) is 0 Å². The molecule has 0 saturated carbocycles. The molecule has 0 spiro atoms. The van der Waals surface area contributed by atoms with Crippen LogP contribution in [-0.4, -0.2) is 41.6 Å². The first-order valence-electron chi connectivity index (χ1n) is 10.8. The van der Waals surface area contributed by atoms with Crippen LogP contribution in [0.25, 0.3) is 6.08 Å². The number of amides is 3. The summed E-state index contributed by atoms with van der Waals surface area (Å²) in [5.74, 6) is -0.456. The molecule has 1 fully saturated rings. The Hall–Kier alpha value is -3.06. The lowest BCUT2D eigenvalue weighted by molar-refractivity contribution is -0.127. The van der Waals surface area contributed by atoms with E-state index in [1.54, 1.807) is 6.08 Å². The average Bonchev–Trinajstić information content (AvgIpc) is 3.03. The molecule has 0 bridgehead atoms. The first-order valence-corrected chi connectivity index (χ1v) is 11.6. The highest BCUT2D eigenvalue weighted by Crippen LogP contribution is 2.32. The molecular formula is C25H29N3O3S. The van der Waals surface area contributed by atoms with Crippen LogP contribution in [0.1, 0.15) is 44.7 Å². The van der Waals surface area contributed by atoms with Gasteiger partial charge in [0.15, 0.2) is 0 Å². The second kappa shape index (κ2) is 10.5. The zero-order valence-corrected chi connectivity index (χ0v) is 19.7. The molecule has 2 aromatic carbocycles. The normalized spacial score (nSPS) is 15.0. The number of rotatable bonds is 8. The SMILES string of the molecule is CCN(CC)c1ccc(/C=C2/SC(=O)N(CC(=O)Nc3ccc(C(C)C)cc3)C2=O)cc1. The van der Waals surface area contributed by atoms with Gasteiger partial charge in [-0.2, -0.15) is 0 Å². The van der Waals surface area contributed by atoms with E-state index in [9.17, 15) is 14.4 Å². The maximum atomic E-state index is 12.7. The van der Waals surface area contributed by atoms with Gasteiger partial charge in [0.25, 0.3) is 11.1 Å². The van der Waals surface area contributed by atoms with E-state index in [4.69, 9.17) is 0 Å². The van der Waals surface area contributed by atoms with E-state index in [0.717, 1.165) is 41.0 Å². The first kappa shape index (κ1) is 23.6. The van der Waals surface area contributed by atoms with Gasteiger partial charge in [-0.25, -0.2) is 0 Å². The van der Waals surface area contributed by atoms with E-state index in [2.05, 4.69) is 37.9 Å². The topological polar surface area (TPSA) is 69.7 Å². The third-order valence-electron chi connectivity index (χ3n) is 5.36. The highest BCUT2D eigenvalue weighted by Gasteiger charge is 2.36. The van der Waals surface area contributed by atoms with Crippen molar-refractivity contribution >= 4 is 46.3 Å². The van der Waals surface area contributed by atoms with Crippen molar-refractivity contribution in [1.29, 1.82) is 0 Å². The molecule has 3 amide bonds. The predicted molar refractivity (Wildman–Crippen MR) is 132 cm³/mol. The molecule has 7 heteroatoms. The Bertz CT molecular complexity index is 1010. The standard InChI is InChI=1S/C25H29N3O3S/c1-5-27(6-2)21-13-7-18(8-14-21)15-22-24(30)28(25(31)32-22)16-23(29)26-20-11-9-19(10-12-20)17(3)4/h7-15,17H,5-6,16H2,1-4H3,(H,26,29)/b22-15+. The lowest BCUT2D eigenvalue weighted by Crippen LogP contribution is -2.36. The summed E-state index contributed by atoms with van der Waals surface area (Å²) in [5.41, 5.74) is 3.75. The summed E-state index contributed by atoms with van der Waals surface area (Å²) in [6, 6.07) is 15.4. The number of anilines is 2. The van der Waals surface area contributed by atoms with Crippen molar-refractivity contribution in [1.82, 2.24) is 4.90 Å². The number of benzene rings is 2. The highest BCUT2D eigenvalue weighted by atomic mass is 32.2. The van der Waals surface area contributed by atoms with Gasteiger partial charge in [-0.15, -0.1) is 0 Å². The summed E-state index contributed by atoms with van der Waals surface area (Å²) < 4.78 is 0. The molecule has 32 heavy (non-hydrogen) atoms. The molecule has 0 atom stereocenters. The number of thioether (sulfide) groups is 1. The molecule has 3 rings (SSSR count). The summed E-state index contributed by atoms with van der Waals surface area (Å²) in [7, 11) is 0. The second-order valence-electron chi connectivity index (χ2n) is 7.86. The quantitative estimate of drug-likeness (QED) is 0.549. The first-order chi connectivity index (χ1) is 15.3. The van der Waals surface area contributed by atoms with Gasteiger partial charge in [-0.3, -0.25) is 19.3 Å². The molecule has 1 N–H and O–H groups in total. The molecule has 1 saturated heterocycles. The Balaban J connectivity index is 1.64. The predicted octanol–water partition coefficient (Wildman–Crippen LogP) is 5.33. The molecule has 0 aromatic heterocycles. The van der Waals surface area contributed by atoms with Gasteiger partial charge in [0, 0.05) is 24.5 Å². The van der Waals surface area contributed by atoms with Gasteiger partial charge in [-0.1, -0.05) is 38.1 Å². The summed E-state index contributed by atoms with van der Waals surface area (Å²) >= 11 is 0.858. The Morgan fingerprint density at radius 1 is 1.03 bits per heavy atom. The smallest absolute Gasteiger partial charge is 0.294 e. The Labute approximate surface area is 193 Å². The Kier molecular flexibility index (Phi) is 7.75. The molecular weight excluding hydrogens is 422 g/mol. The summed E-state index contributed by atoms with van der Waals surface area (Å²) in [6.07, 6.45) is 1.69. The van der Waals surface area contributed by atoms with Crippen molar-refractivity contribution in [2.24, 2.45) is 0 Å². The van der Waals surface area contributed by atoms with E-state index >= 15 is 0 Å². The van der Waals surface area contributed by atoms with E-state index in [-0.39, 0.29) is 6.54 Å². The fourth-order valence-electron chi connectivity index (χ4n) is 3.45. The van der Waals surface area contributed by atoms with E-state index in [0.29, 0.717) is 16.5 Å². The fraction of sp³-hybridized carbons (Fsp3) is 0.320. The molecule has 0 aliphatic carbocycles. The minimum atomic E-state index is -0.446. The number of hydrogen-bond donors (Lipinski definition) is 1. The van der Waals surface area contributed by atoms with Crippen LogP contribution >= 0.6 is 11.8 Å². The highest BCUT2D eigenvalue weighted by molar-refractivity contribution is 8.18. The Morgan fingerprint density at radius 3 is 2.22 bits per heavy atom. The maximum Gasteiger partial charge on any atom is 0.294 e. The molecule has 6 nitrogen and oxygen atoms in total. The largest absolute Gasteiger partial charge is 0.372 e. The molecule has 0 unspecified atom stereocenters. The second-order valence-corrected chi connectivity index (χ2v) is 8.85. The van der Waals surface area contributed by atoms with Crippen LogP contribution in [0.15, 0.2) is 53.4 Å². The van der Waals surface area contributed by atoms with Crippen molar-refractivity contribution in [3.05, 3.63) is 64.6 Å². The minimum absolute atomic E-state index is 0.311. The number of carbonyl (C=O) groups is 3. The van der Waals surface area contributed by atoms with Crippen LogP contribution in [0.4, 0.5) is 16.2 Å². The molecule has 2 aromatic rings. The zero-order valence-electron chi connectivity index (χ0n) is 18.9. The fourth-order valence-corrected chi connectivity index (χ4v) is 4.29. The van der Waals surface area contributed by atoms with Gasteiger partial charge < -0.3 is 10.2 Å². The van der Waals surface area contributed by atoms with Crippen molar-refractivity contribution in [3.63, 3.8) is 0 Å². The van der Waals surface area contributed by atoms with Crippen LogP contribution in [0, 0.1) is 0 Å². The van der Waals surface area contributed by atoms with E-state index in [1.165, 1.54) is 5.56 Å². The number of hydrogen-bond acceptors (Lipinski definition) is 5. The zero-order chi connectivity index (χ0) is 23.3. The third-order valence-corrected chi connectivity index (χ3v) is 6.26. The van der Waals surface area contributed by atoms with Gasteiger partial charge in [0.05, 0.1) is 4.91 Å². The molecule has 1 aliphatic heterocycles. The van der Waals surface area contributed by atoms with Crippen molar-refractivity contribution < 1.29 is 14.4 Å². The third kappa shape index (κ3) is 5.59. The van der Waals surface area contributed by atoms with Gasteiger partial charge >= 0.3 is 0 Å². The number of carbonyl (C=O) groups excluding carboxylic acids is 3.